The summed E-state index contributed by atoms with van der Waals surface area (Å²) < 4.78 is 5.01. The molecule has 1 aromatic rings. The van der Waals surface area contributed by atoms with Crippen molar-refractivity contribution in [2.45, 2.75) is 25.3 Å². The first-order valence-electron chi connectivity index (χ1n) is 6.45. The van der Waals surface area contributed by atoms with Crippen molar-refractivity contribution >= 4 is 17.7 Å². The summed E-state index contributed by atoms with van der Waals surface area (Å²) in [4.78, 5) is 24.8. The first kappa shape index (κ1) is 14.1. The lowest BCUT2D eigenvalue weighted by molar-refractivity contribution is -0.138. The van der Waals surface area contributed by atoms with Crippen LogP contribution in [0.3, 0.4) is 0 Å². The van der Waals surface area contributed by atoms with Crippen molar-refractivity contribution in [2.24, 2.45) is 0 Å². The van der Waals surface area contributed by atoms with Gasteiger partial charge in [0.15, 0.2) is 0 Å². The average Bonchev–Trinajstić information content (AvgIpc) is 2.44. The molecule has 5 heteroatoms. The van der Waals surface area contributed by atoms with Crippen LogP contribution in [0.5, 0.6) is 0 Å². The lowest BCUT2D eigenvalue weighted by atomic mass is 9.87. The van der Waals surface area contributed by atoms with Crippen LogP contribution in [0.25, 0.3) is 0 Å². The minimum absolute atomic E-state index is 0.0550. The molecule has 1 aliphatic heterocycles. The number of aliphatic carboxylic acids is 1. The van der Waals surface area contributed by atoms with E-state index in [2.05, 4.69) is 6.58 Å². The smallest absolute Gasteiger partial charge is 0.415 e. The van der Waals surface area contributed by atoms with Gasteiger partial charge in [-0.15, -0.1) is 0 Å². The van der Waals surface area contributed by atoms with E-state index >= 15 is 0 Å². The molecule has 0 saturated heterocycles. The lowest BCUT2D eigenvalue weighted by Crippen LogP contribution is -2.49. The summed E-state index contributed by atoms with van der Waals surface area (Å²) in [6.07, 6.45) is 1.17. The molecule has 0 unspecified atom stereocenters. The van der Waals surface area contributed by atoms with E-state index in [9.17, 15) is 14.7 Å². The highest BCUT2D eigenvalue weighted by molar-refractivity contribution is 5.97. The Kier molecular flexibility index (Phi) is 4.08. The van der Waals surface area contributed by atoms with Crippen molar-refractivity contribution in [1.29, 1.82) is 0 Å². The topological polar surface area (TPSA) is 66.8 Å². The second-order valence-electron chi connectivity index (χ2n) is 4.79. The number of nitrogens with zero attached hydrogens (tertiary/aromatic N) is 1. The number of carboxylic acid groups (broad SMARTS) is 1. The normalized spacial score (nSPS) is 20.9. The molecule has 0 saturated carbocycles. The predicted molar refractivity (Wildman–Crippen MR) is 74.9 cm³/mol. The third-order valence-electron chi connectivity index (χ3n) is 3.42. The largest absolute Gasteiger partial charge is 0.480 e. The fourth-order valence-electron chi connectivity index (χ4n) is 2.50. The fourth-order valence-corrected chi connectivity index (χ4v) is 2.50. The van der Waals surface area contributed by atoms with E-state index in [-0.39, 0.29) is 12.5 Å². The second-order valence-corrected chi connectivity index (χ2v) is 4.79. The van der Waals surface area contributed by atoms with Gasteiger partial charge in [0.25, 0.3) is 0 Å². The molecule has 2 atom stereocenters. The molecule has 106 valence electrons. The van der Waals surface area contributed by atoms with Gasteiger partial charge in [-0.1, -0.05) is 37.8 Å². The highest BCUT2D eigenvalue weighted by Gasteiger charge is 2.39. The Morgan fingerprint density at radius 2 is 2.20 bits per heavy atom. The van der Waals surface area contributed by atoms with Gasteiger partial charge in [0.1, 0.15) is 12.6 Å². The van der Waals surface area contributed by atoms with E-state index in [0.717, 1.165) is 5.56 Å². The van der Waals surface area contributed by atoms with Crippen LogP contribution in [0.1, 0.15) is 24.8 Å². The summed E-state index contributed by atoms with van der Waals surface area (Å²) in [5.74, 6) is -0.947. The molecule has 0 aliphatic carbocycles. The SMILES string of the molecule is C=CCOC(=O)N1c2ccccc2[C@H](C)C[C@@H]1C(=O)O. The van der Waals surface area contributed by atoms with E-state index in [1.165, 1.54) is 11.0 Å². The maximum Gasteiger partial charge on any atom is 0.415 e. The minimum Gasteiger partial charge on any atom is -0.480 e. The van der Waals surface area contributed by atoms with Gasteiger partial charge >= 0.3 is 12.1 Å². The Bertz CT molecular complexity index is 540. The highest BCUT2D eigenvalue weighted by Crippen LogP contribution is 2.38. The number of ether oxygens (including phenoxy) is 1. The quantitative estimate of drug-likeness (QED) is 0.861. The molecular formula is C15H17NO4. The zero-order valence-corrected chi connectivity index (χ0v) is 11.3. The van der Waals surface area contributed by atoms with Crippen molar-refractivity contribution < 1.29 is 19.4 Å². The summed E-state index contributed by atoms with van der Waals surface area (Å²) in [7, 11) is 0. The highest BCUT2D eigenvalue weighted by atomic mass is 16.6. The molecule has 0 bridgehead atoms. The molecular weight excluding hydrogens is 258 g/mol. The van der Waals surface area contributed by atoms with Crippen LogP contribution in [-0.4, -0.2) is 29.8 Å². The summed E-state index contributed by atoms with van der Waals surface area (Å²) in [5, 5.41) is 9.36. The predicted octanol–water partition coefficient (Wildman–Crippen LogP) is 2.78. The van der Waals surface area contributed by atoms with Crippen LogP contribution >= 0.6 is 0 Å². The molecule has 20 heavy (non-hydrogen) atoms. The number of benzene rings is 1. The van der Waals surface area contributed by atoms with Gasteiger partial charge in [-0.05, 0) is 24.0 Å². The summed E-state index contributed by atoms with van der Waals surface area (Å²) >= 11 is 0. The number of carbonyl (C=O) groups is 2. The molecule has 5 nitrogen and oxygen atoms in total. The van der Waals surface area contributed by atoms with Crippen molar-refractivity contribution in [1.82, 2.24) is 0 Å². The molecule has 1 heterocycles. The van der Waals surface area contributed by atoms with Gasteiger partial charge < -0.3 is 9.84 Å². The summed E-state index contributed by atoms with van der Waals surface area (Å²) in [6, 6.07) is 6.41. The molecule has 1 aliphatic rings. The van der Waals surface area contributed by atoms with Gasteiger partial charge in [0.05, 0.1) is 5.69 Å². The van der Waals surface area contributed by atoms with Gasteiger partial charge in [0, 0.05) is 0 Å². The lowest BCUT2D eigenvalue weighted by Gasteiger charge is -2.36. The van der Waals surface area contributed by atoms with Gasteiger partial charge in [-0.2, -0.15) is 0 Å². The number of rotatable bonds is 3. The number of carbonyl (C=O) groups excluding carboxylic acids is 1. The summed E-state index contributed by atoms with van der Waals surface area (Å²) in [5.41, 5.74) is 1.56. The average molecular weight is 275 g/mol. The molecule has 1 amide bonds. The fraction of sp³-hybridized carbons (Fsp3) is 0.333. The number of hydrogen-bond acceptors (Lipinski definition) is 3. The van der Waals surface area contributed by atoms with Gasteiger partial charge in [0.2, 0.25) is 0 Å². The number of fused-ring (bicyclic) bond motifs is 1. The zero-order chi connectivity index (χ0) is 14.7. The Hall–Kier alpha value is -2.30. The Morgan fingerprint density at radius 1 is 1.50 bits per heavy atom. The zero-order valence-electron chi connectivity index (χ0n) is 11.3. The van der Waals surface area contributed by atoms with Gasteiger partial charge in [-0.3, -0.25) is 4.90 Å². The Morgan fingerprint density at radius 3 is 2.85 bits per heavy atom. The number of hydrogen-bond donors (Lipinski definition) is 1. The molecule has 2 rings (SSSR count). The van der Waals surface area contributed by atoms with E-state index < -0.39 is 18.1 Å². The van der Waals surface area contributed by atoms with Crippen molar-refractivity contribution in [2.75, 3.05) is 11.5 Å². The standard InChI is InChI=1S/C15H17NO4/c1-3-8-20-15(19)16-12-7-5-4-6-11(12)10(2)9-13(16)14(17)18/h3-7,10,13H,1,8-9H2,2H3,(H,17,18)/t10-,13-/m1/s1. The van der Waals surface area contributed by atoms with E-state index in [4.69, 9.17) is 4.74 Å². The van der Waals surface area contributed by atoms with E-state index in [1.54, 1.807) is 12.1 Å². The minimum atomic E-state index is -1.03. The van der Waals surface area contributed by atoms with Crippen molar-refractivity contribution in [3.05, 3.63) is 42.5 Å². The molecule has 1 N–H and O–H groups in total. The van der Waals surface area contributed by atoms with Crippen molar-refractivity contribution in [3.8, 4) is 0 Å². The summed E-state index contributed by atoms with van der Waals surface area (Å²) in [6.45, 7) is 5.49. The number of anilines is 1. The second kappa shape index (κ2) is 5.77. The number of amides is 1. The van der Waals surface area contributed by atoms with Crippen LogP contribution in [0.4, 0.5) is 10.5 Å². The third kappa shape index (κ3) is 2.52. The van der Waals surface area contributed by atoms with Crippen LogP contribution < -0.4 is 4.90 Å². The first-order chi connectivity index (χ1) is 9.56. The number of para-hydroxylation sites is 1. The Labute approximate surface area is 117 Å². The van der Waals surface area contributed by atoms with Crippen LogP contribution in [0, 0.1) is 0 Å². The molecule has 1 aromatic carbocycles. The molecule has 0 fully saturated rings. The van der Waals surface area contributed by atoms with Crippen LogP contribution in [0.15, 0.2) is 36.9 Å². The third-order valence-corrected chi connectivity index (χ3v) is 3.42. The van der Waals surface area contributed by atoms with Gasteiger partial charge in [-0.25, -0.2) is 9.59 Å². The van der Waals surface area contributed by atoms with Crippen LogP contribution in [-0.2, 0) is 9.53 Å². The van der Waals surface area contributed by atoms with E-state index in [1.807, 2.05) is 19.1 Å². The van der Waals surface area contributed by atoms with Crippen molar-refractivity contribution in [3.63, 3.8) is 0 Å². The monoisotopic (exact) mass is 275 g/mol. The maximum atomic E-state index is 12.1. The molecule has 0 spiro atoms. The van der Waals surface area contributed by atoms with Crippen LogP contribution in [0.2, 0.25) is 0 Å². The maximum absolute atomic E-state index is 12.1. The van der Waals surface area contributed by atoms with E-state index in [0.29, 0.717) is 12.1 Å². The number of carboxylic acids is 1. The molecule has 0 radical (unpaired) electrons. The molecule has 0 aromatic heterocycles. The Balaban J connectivity index is 2.42. The first-order valence-corrected chi connectivity index (χ1v) is 6.45.